The normalized spacial score (nSPS) is 10.6. The van der Waals surface area contributed by atoms with Gasteiger partial charge in [-0.05, 0) is 34.1 Å². The van der Waals surface area contributed by atoms with Crippen LogP contribution in [0.5, 0.6) is 0 Å². The number of anilines is 1. The third-order valence-electron chi connectivity index (χ3n) is 2.37. The van der Waals surface area contributed by atoms with E-state index in [1.807, 2.05) is 30.3 Å². The molecule has 0 aromatic heterocycles. The van der Waals surface area contributed by atoms with Crippen LogP contribution in [0.3, 0.4) is 0 Å². The number of hydrogen-bond acceptors (Lipinski definition) is 4. The Balaban J connectivity index is 2.09. The van der Waals surface area contributed by atoms with E-state index in [0.29, 0.717) is 4.47 Å². The highest BCUT2D eigenvalue weighted by molar-refractivity contribution is 9.10. The van der Waals surface area contributed by atoms with Gasteiger partial charge in [0.15, 0.2) is 0 Å². The van der Waals surface area contributed by atoms with Crippen LogP contribution in [0, 0.1) is 10.1 Å². The molecule has 0 atom stereocenters. The van der Waals surface area contributed by atoms with E-state index in [1.54, 1.807) is 12.3 Å². The molecule has 19 heavy (non-hydrogen) atoms. The summed E-state index contributed by atoms with van der Waals surface area (Å²) < 4.78 is 0.625. The molecule has 5 nitrogen and oxygen atoms in total. The van der Waals surface area contributed by atoms with Crippen molar-refractivity contribution >= 4 is 33.5 Å². The van der Waals surface area contributed by atoms with Gasteiger partial charge in [0.25, 0.3) is 5.69 Å². The standard InChI is InChI=1S/C13H10BrN3O2/c14-13-8-12(17(18)19)7-6-10(13)9-15-16-11-4-2-1-3-5-11/h1-9,16H/b15-9+. The topological polar surface area (TPSA) is 67.5 Å². The maximum absolute atomic E-state index is 10.6. The lowest BCUT2D eigenvalue weighted by Crippen LogP contribution is -1.93. The van der Waals surface area contributed by atoms with Gasteiger partial charge < -0.3 is 0 Å². The summed E-state index contributed by atoms with van der Waals surface area (Å²) in [5, 5.41) is 14.7. The minimum Gasteiger partial charge on any atom is -0.279 e. The van der Waals surface area contributed by atoms with Gasteiger partial charge in [-0.25, -0.2) is 0 Å². The van der Waals surface area contributed by atoms with Crippen molar-refractivity contribution in [2.75, 3.05) is 5.43 Å². The number of nitro benzene ring substituents is 1. The lowest BCUT2D eigenvalue weighted by atomic mass is 10.2. The maximum atomic E-state index is 10.6. The molecular formula is C13H10BrN3O2. The highest BCUT2D eigenvalue weighted by Gasteiger charge is 2.07. The Hall–Kier alpha value is -2.21. The first kappa shape index (κ1) is 13.2. The van der Waals surface area contributed by atoms with Crippen molar-refractivity contribution in [3.63, 3.8) is 0 Å². The molecule has 0 aliphatic heterocycles. The fourth-order valence-corrected chi connectivity index (χ4v) is 1.89. The number of rotatable bonds is 4. The summed E-state index contributed by atoms with van der Waals surface area (Å²) in [5.41, 5.74) is 4.54. The fraction of sp³-hybridized carbons (Fsp3) is 0. The summed E-state index contributed by atoms with van der Waals surface area (Å²) in [4.78, 5) is 10.2. The SMILES string of the molecule is O=[N+]([O-])c1ccc(/C=N/Nc2ccccc2)c(Br)c1. The lowest BCUT2D eigenvalue weighted by Gasteiger charge is -2.00. The average Bonchev–Trinajstić information content (AvgIpc) is 2.41. The number of nitrogens with one attached hydrogen (secondary N) is 1. The molecule has 2 aromatic rings. The Kier molecular flexibility index (Phi) is 4.25. The fourth-order valence-electron chi connectivity index (χ4n) is 1.42. The number of hydrazone groups is 1. The van der Waals surface area contributed by atoms with Gasteiger partial charge >= 0.3 is 0 Å². The molecule has 2 aromatic carbocycles. The van der Waals surface area contributed by atoms with Crippen LogP contribution in [-0.2, 0) is 0 Å². The number of para-hydroxylation sites is 1. The van der Waals surface area contributed by atoms with Crippen LogP contribution >= 0.6 is 15.9 Å². The Labute approximate surface area is 118 Å². The van der Waals surface area contributed by atoms with E-state index in [1.165, 1.54) is 12.1 Å². The number of hydrogen-bond donors (Lipinski definition) is 1. The monoisotopic (exact) mass is 319 g/mol. The van der Waals surface area contributed by atoms with Crippen LogP contribution in [0.4, 0.5) is 11.4 Å². The third kappa shape index (κ3) is 3.62. The van der Waals surface area contributed by atoms with Crippen molar-refractivity contribution in [2.45, 2.75) is 0 Å². The highest BCUT2D eigenvalue weighted by Crippen LogP contribution is 2.21. The molecular weight excluding hydrogens is 310 g/mol. The second kappa shape index (κ2) is 6.10. The van der Waals surface area contributed by atoms with E-state index in [0.717, 1.165) is 11.3 Å². The zero-order chi connectivity index (χ0) is 13.7. The van der Waals surface area contributed by atoms with Gasteiger partial charge in [0.05, 0.1) is 16.8 Å². The van der Waals surface area contributed by atoms with Gasteiger partial charge in [-0.2, -0.15) is 5.10 Å². The van der Waals surface area contributed by atoms with E-state index in [-0.39, 0.29) is 5.69 Å². The van der Waals surface area contributed by atoms with Crippen LogP contribution in [0.1, 0.15) is 5.56 Å². The van der Waals surface area contributed by atoms with Gasteiger partial charge in [0.1, 0.15) is 0 Å². The van der Waals surface area contributed by atoms with Gasteiger partial charge in [0, 0.05) is 22.2 Å². The van der Waals surface area contributed by atoms with Gasteiger partial charge in [0.2, 0.25) is 0 Å². The number of halogens is 1. The molecule has 1 N–H and O–H groups in total. The molecule has 0 saturated carbocycles. The molecule has 0 amide bonds. The van der Waals surface area contributed by atoms with Crippen LogP contribution in [0.2, 0.25) is 0 Å². The highest BCUT2D eigenvalue weighted by atomic mass is 79.9. The Bertz CT molecular complexity index is 615. The summed E-state index contributed by atoms with van der Waals surface area (Å²) in [6.45, 7) is 0. The number of non-ortho nitro benzene ring substituents is 1. The van der Waals surface area contributed by atoms with Crippen LogP contribution in [0.25, 0.3) is 0 Å². The quantitative estimate of drug-likeness (QED) is 0.529. The molecule has 96 valence electrons. The number of nitrogens with zero attached hydrogens (tertiary/aromatic N) is 2. The van der Waals surface area contributed by atoms with E-state index in [9.17, 15) is 10.1 Å². The van der Waals surface area contributed by atoms with Gasteiger partial charge in [-0.1, -0.05) is 18.2 Å². The summed E-state index contributed by atoms with van der Waals surface area (Å²) in [6, 6.07) is 14.0. The van der Waals surface area contributed by atoms with Crippen molar-refractivity contribution in [3.05, 3.63) is 68.7 Å². The van der Waals surface area contributed by atoms with Gasteiger partial charge in [-0.3, -0.25) is 15.5 Å². The second-order valence-corrected chi connectivity index (χ2v) is 4.55. The molecule has 0 unspecified atom stereocenters. The summed E-state index contributed by atoms with van der Waals surface area (Å²) in [7, 11) is 0. The molecule has 0 fully saturated rings. The minimum absolute atomic E-state index is 0.0417. The second-order valence-electron chi connectivity index (χ2n) is 3.70. The minimum atomic E-state index is -0.437. The predicted octanol–water partition coefficient (Wildman–Crippen LogP) is 3.80. The molecule has 0 heterocycles. The zero-order valence-electron chi connectivity index (χ0n) is 9.79. The molecule has 0 aliphatic carbocycles. The Morgan fingerprint density at radius 2 is 1.95 bits per heavy atom. The van der Waals surface area contributed by atoms with Crippen molar-refractivity contribution in [1.82, 2.24) is 0 Å². The molecule has 6 heteroatoms. The summed E-state index contributed by atoms with van der Waals surface area (Å²) >= 11 is 3.28. The van der Waals surface area contributed by atoms with E-state index in [2.05, 4.69) is 26.5 Å². The van der Waals surface area contributed by atoms with E-state index in [4.69, 9.17) is 0 Å². The largest absolute Gasteiger partial charge is 0.279 e. The van der Waals surface area contributed by atoms with Crippen LogP contribution in [0.15, 0.2) is 58.1 Å². The smallest absolute Gasteiger partial charge is 0.270 e. The zero-order valence-corrected chi connectivity index (χ0v) is 11.4. The number of benzene rings is 2. The summed E-state index contributed by atoms with van der Waals surface area (Å²) in [5.74, 6) is 0. The molecule has 0 aliphatic rings. The maximum Gasteiger partial charge on any atom is 0.270 e. The molecule has 2 rings (SSSR count). The van der Waals surface area contributed by atoms with Crippen LogP contribution < -0.4 is 5.43 Å². The van der Waals surface area contributed by atoms with Crippen LogP contribution in [-0.4, -0.2) is 11.1 Å². The van der Waals surface area contributed by atoms with Crippen molar-refractivity contribution in [1.29, 1.82) is 0 Å². The van der Waals surface area contributed by atoms with Crippen molar-refractivity contribution in [2.24, 2.45) is 5.10 Å². The number of nitro groups is 1. The molecule has 0 radical (unpaired) electrons. The Morgan fingerprint density at radius 3 is 2.58 bits per heavy atom. The third-order valence-corrected chi connectivity index (χ3v) is 3.05. The molecule has 0 saturated heterocycles. The first-order chi connectivity index (χ1) is 9.16. The van der Waals surface area contributed by atoms with Crippen molar-refractivity contribution in [3.8, 4) is 0 Å². The van der Waals surface area contributed by atoms with Gasteiger partial charge in [-0.15, -0.1) is 0 Å². The predicted molar refractivity (Wildman–Crippen MR) is 78.5 cm³/mol. The van der Waals surface area contributed by atoms with Crippen molar-refractivity contribution < 1.29 is 4.92 Å². The lowest BCUT2D eigenvalue weighted by molar-refractivity contribution is -0.384. The van der Waals surface area contributed by atoms with E-state index < -0.39 is 4.92 Å². The first-order valence-electron chi connectivity index (χ1n) is 5.45. The molecule has 0 spiro atoms. The average molecular weight is 320 g/mol. The Morgan fingerprint density at radius 1 is 1.21 bits per heavy atom. The summed E-state index contributed by atoms with van der Waals surface area (Å²) in [6.07, 6.45) is 1.60. The van der Waals surface area contributed by atoms with E-state index >= 15 is 0 Å². The molecule has 0 bridgehead atoms. The first-order valence-corrected chi connectivity index (χ1v) is 6.24.